The molecule has 1 fully saturated rings. The van der Waals surface area contributed by atoms with Crippen molar-refractivity contribution in [2.75, 3.05) is 19.6 Å². The number of hydrogen-bond donors (Lipinski definition) is 1. The van der Waals surface area contributed by atoms with Crippen molar-refractivity contribution in [3.8, 4) is 5.75 Å². The highest BCUT2D eigenvalue weighted by Crippen LogP contribution is 2.24. The lowest BCUT2D eigenvalue weighted by molar-refractivity contribution is -0.136. The van der Waals surface area contributed by atoms with Gasteiger partial charge in [-0.05, 0) is 31.0 Å². The Morgan fingerprint density at radius 3 is 2.67 bits per heavy atom. The molecule has 1 aliphatic heterocycles. The van der Waals surface area contributed by atoms with Crippen molar-refractivity contribution >= 4 is 5.91 Å². The van der Waals surface area contributed by atoms with Crippen LogP contribution in [-0.4, -0.2) is 36.5 Å². The Hall–Kier alpha value is -1.55. The fraction of sp³-hybridized carbons (Fsp3) is 0.588. The summed E-state index contributed by atoms with van der Waals surface area (Å²) in [5.74, 6) is 1.05. The van der Waals surface area contributed by atoms with Crippen LogP contribution in [0.15, 0.2) is 18.2 Å². The smallest absolute Gasteiger partial charge is 0.226 e. The molecule has 1 heterocycles. The second kappa shape index (κ2) is 6.94. The number of rotatable bonds is 4. The summed E-state index contributed by atoms with van der Waals surface area (Å²) < 4.78 is 6.12. The summed E-state index contributed by atoms with van der Waals surface area (Å²) in [4.78, 5) is 14.0. The molecule has 1 amide bonds. The van der Waals surface area contributed by atoms with Gasteiger partial charge in [0.25, 0.3) is 0 Å². The number of nitrogens with zero attached hydrogens (tertiary/aromatic N) is 1. The maximum atomic E-state index is 12.1. The highest BCUT2D eigenvalue weighted by molar-refractivity contribution is 5.78. The van der Waals surface area contributed by atoms with Crippen molar-refractivity contribution in [1.82, 2.24) is 4.90 Å². The summed E-state index contributed by atoms with van der Waals surface area (Å²) in [7, 11) is 0. The molecule has 0 saturated carbocycles. The van der Waals surface area contributed by atoms with Crippen molar-refractivity contribution in [2.45, 2.75) is 39.7 Å². The minimum absolute atomic E-state index is 0.0820. The van der Waals surface area contributed by atoms with Crippen LogP contribution >= 0.6 is 0 Å². The highest BCUT2D eigenvalue weighted by atomic mass is 16.5. The molecular formula is C17H26N2O2. The third-order valence-corrected chi connectivity index (χ3v) is 4.17. The molecule has 1 aliphatic rings. The van der Waals surface area contributed by atoms with E-state index in [1.807, 2.05) is 11.8 Å². The molecule has 0 spiro atoms. The molecule has 0 aromatic heterocycles. The molecular weight excluding hydrogens is 264 g/mol. The Kier molecular flexibility index (Phi) is 5.23. The van der Waals surface area contributed by atoms with Crippen LogP contribution in [0.25, 0.3) is 0 Å². The van der Waals surface area contributed by atoms with Crippen LogP contribution in [-0.2, 0) is 4.79 Å². The largest absolute Gasteiger partial charge is 0.490 e. The van der Waals surface area contributed by atoms with Gasteiger partial charge in [0.05, 0.1) is 0 Å². The Morgan fingerprint density at radius 2 is 2.05 bits per heavy atom. The molecule has 1 atom stereocenters. The number of nitrogens with two attached hydrogens (primary N) is 1. The van der Waals surface area contributed by atoms with Gasteiger partial charge in [0, 0.05) is 38.4 Å². The Morgan fingerprint density at radius 1 is 1.38 bits per heavy atom. The zero-order valence-corrected chi connectivity index (χ0v) is 13.3. The molecule has 21 heavy (non-hydrogen) atoms. The van der Waals surface area contributed by atoms with E-state index in [4.69, 9.17) is 10.5 Å². The quantitative estimate of drug-likeness (QED) is 0.925. The van der Waals surface area contributed by atoms with Gasteiger partial charge in [-0.3, -0.25) is 4.79 Å². The van der Waals surface area contributed by atoms with Crippen LogP contribution in [0.1, 0.15) is 30.9 Å². The number of carbonyl (C=O) groups is 1. The zero-order chi connectivity index (χ0) is 15.4. The van der Waals surface area contributed by atoms with Gasteiger partial charge >= 0.3 is 0 Å². The Labute approximate surface area is 127 Å². The first-order valence-electron chi connectivity index (χ1n) is 7.74. The monoisotopic (exact) mass is 290 g/mol. The van der Waals surface area contributed by atoms with E-state index in [-0.39, 0.29) is 17.9 Å². The third kappa shape index (κ3) is 3.97. The fourth-order valence-electron chi connectivity index (χ4n) is 2.62. The number of ether oxygens (including phenoxy) is 1. The van der Waals surface area contributed by atoms with Crippen molar-refractivity contribution in [1.29, 1.82) is 0 Å². The first kappa shape index (κ1) is 15.8. The van der Waals surface area contributed by atoms with Crippen molar-refractivity contribution in [3.05, 3.63) is 29.3 Å². The van der Waals surface area contributed by atoms with Gasteiger partial charge in [-0.25, -0.2) is 0 Å². The summed E-state index contributed by atoms with van der Waals surface area (Å²) in [6, 6.07) is 6.27. The van der Waals surface area contributed by atoms with Crippen molar-refractivity contribution in [3.63, 3.8) is 0 Å². The predicted octanol–water partition coefficient (Wildman–Crippen LogP) is 2.27. The molecule has 116 valence electrons. The summed E-state index contributed by atoms with van der Waals surface area (Å²) in [5.41, 5.74) is 7.94. The number of aryl methyl sites for hydroxylation is 2. The van der Waals surface area contributed by atoms with Gasteiger partial charge in [-0.1, -0.05) is 19.1 Å². The van der Waals surface area contributed by atoms with Gasteiger partial charge in [0.1, 0.15) is 11.9 Å². The van der Waals surface area contributed by atoms with Crippen LogP contribution in [0.3, 0.4) is 0 Å². The van der Waals surface area contributed by atoms with Crippen molar-refractivity contribution < 1.29 is 9.53 Å². The SMILES string of the molecule is Cc1ccc(C)c(OC2CCN(C(=O)C(C)CN)CC2)c1. The summed E-state index contributed by atoms with van der Waals surface area (Å²) >= 11 is 0. The van der Waals surface area contributed by atoms with E-state index in [1.165, 1.54) is 5.56 Å². The Balaban J connectivity index is 1.90. The molecule has 0 aliphatic carbocycles. The average Bonchev–Trinajstić information content (AvgIpc) is 2.50. The van der Waals surface area contributed by atoms with E-state index < -0.39 is 0 Å². The van der Waals surface area contributed by atoms with Gasteiger partial charge in [-0.2, -0.15) is 0 Å². The molecule has 1 aromatic rings. The lowest BCUT2D eigenvalue weighted by Gasteiger charge is -2.33. The minimum Gasteiger partial charge on any atom is -0.490 e. The molecule has 1 aromatic carbocycles. The van der Waals surface area contributed by atoms with Crippen LogP contribution in [0.5, 0.6) is 5.75 Å². The normalized spacial score (nSPS) is 17.6. The van der Waals surface area contributed by atoms with E-state index in [9.17, 15) is 4.79 Å². The van der Waals surface area contributed by atoms with Gasteiger partial charge in [-0.15, -0.1) is 0 Å². The van der Waals surface area contributed by atoms with Crippen LogP contribution < -0.4 is 10.5 Å². The van der Waals surface area contributed by atoms with Crippen LogP contribution in [0, 0.1) is 19.8 Å². The van der Waals surface area contributed by atoms with Gasteiger partial charge < -0.3 is 15.4 Å². The molecule has 2 rings (SSSR count). The van der Waals surface area contributed by atoms with Crippen LogP contribution in [0.2, 0.25) is 0 Å². The molecule has 2 N–H and O–H groups in total. The molecule has 1 unspecified atom stereocenters. The first-order chi connectivity index (χ1) is 10.0. The lowest BCUT2D eigenvalue weighted by atomic mass is 10.0. The molecule has 0 radical (unpaired) electrons. The molecule has 0 bridgehead atoms. The standard InChI is InChI=1S/C17H26N2O2/c1-12-4-5-13(2)16(10-12)21-15-6-8-19(9-7-15)17(20)14(3)11-18/h4-5,10,14-15H,6-9,11,18H2,1-3H3. The maximum absolute atomic E-state index is 12.1. The second-order valence-electron chi connectivity index (χ2n) is 6.05. The number of likely N-dealkylation sites (tertiary alicyclic amines) is 1. The topological polar surface area (TPSA) is 55.6 Å². The molecule has 1 saturated heterocycles. The van der Waals surface area contributed by atoms with E-state index in [1.54, 1.807) is 0 Å². The summed E-state index contributed by atoms with van der Waals surface area (Å²) in [6.07, 6.45) is 1.97. The second-order valence-corrected chi connectivity index (χ2v) is 6.05. The summed E-state index contributed by atoms with van der Waals surface area (Å²) in [6.45, 7) is 7.97. The Bertz CT molecular complexity index is 494. The van der Waals surface area contributed by atoms with E-state index in [2.05, 4.69) is 32.0 Å². The first-order valence-corrected chi connectivity index (χ1v) is 7.74. The van der Waals surface area contributed by atoms with E-state index >= 15 is 0 Å². The highest BCUT2D eigenvalue weighted by Gasteiger charge is 2.26. The number of hydrogen-bond acceptors (Lipinski definition) is 3. The van der Waals surface area contributed by atoms with Crippen molar-refractivity contribution in [2.24, 2.45) is 11.7 Å². The predicted molar refractivity (Wildman–Crippen MR) is 84.4 cm³/mol. The summed E-state index contributed by atoms with van der Waals surface area (Å²) in [5, 5.41) is 0. The van der Waals surface area contributed by atoms with Gasteiger partial charge in [0.15, 0.2) is 0 Å². The molecule has 4 nitrogen and oxygen atoms in total. The minimum atomic E-state index is -0.0820. The lowest BCUT2D eigenvalue weighted by Crippen LogP contribution is -2.45. The number of piperidine rings is 1. The van der Waals surface area contributed by atoms with E-state index in [0.717, 1.165) is 37.2 Å². The average molecular weight is 290 g/mol. The molecule has 4 heteroatoms. The maximum Gasteiger partial charge on any atom is 0.226 e. The number of benzene rings is 1. The third-order valence-electron chi connectivity index (χ3n) is 4.17. The fourth-order valence-corrected chi connectivity index (χ4v) is 2.62. The van der Waals surface area contributed by atoms with Gasteiger partial charge in [0.2, 0.25) is 5.91 Å². The number of carbonyl (C=O) groups excluding carboxylic acids is 1. The van der Waals surface area contributed by atoms with E-state index in [0.29, 0.717) is 6.54 Å². The number of amides is 1. The zero-order valence-electron chi connectivity index (χ0n) is 13.3. The van der Waals surface area contributed by atoms with Crippen LogP contribution in [0.4, 0.5) is 0 Å².